The second-order valence-electron chi connectivity index (χ2n) is 7.15. The van der Waals surface area contributed by atoms with Gasteiger partial charge in [0.2, 0.25) is 5.91 Å². The van der Waals surface area contributed by atoms with E-state index in [9.17, 15) is 4.79 Å². The zero-order valence-electron chi connectivity index (χ0n) is 16.1. The molecule has 3 rings (SSSR count). The number of benzene rings is 1. The first-order valence-electron chi connectivity index (χ1n) is 9.24. The normalized spacial score (nSPS) is 14.0. The summed E-state index contributed by atoms with van der Waals surface area (Å²) in [6, 6.07) is 10.7. The maximum absolute atomic E-state index is 13.1. The second-order valence-corrected chi connectivity index (χ2v) is 8.53. The third-order valence-corrected chi connectivity index (χ3v) is 5.92. The standard InChI is InChI=1S/C21H28N2O2S/c1-15(2)22(13-19-9-7-16(3)26-19)14-21(24)23-11-5-6-17-12-18(25-4)8-10-20(17)23/h7-10,12,15H,5-6,11,13-14H2,1-4H3. The van der Waals surface area contributed by atoms with Gasteiger partial charge in [0, 0.05) is 34.6 Å². The predicted molar refractivity (Wildman–Crippen MR) is 108 cm³/mol. The molecule has 0 saturated heterocycles. The van der Waals surface area contributed by atoms with E-state index in [1.807, 2.05) is 28.4 Å². The van der Waals surface area contributed by atoms with Crippen LogP contribution in [0.25, 0.3) is 0 Å². The van der Waals surface area contributed by atoms with Crippen molar-refractivity contribution in [2.45, 2.75) is 46.2 Å². The number of hydrogen-bond donors (Lipinski definition) is 0. The number of fused-ring (bicyclic) bond motifs is 1. The van der Waals surface area contributed by atoms with Gasteiger partial charge >= 0.3 is 0 Å². The number of nitrogens with zero attached hydrogens (tertiary/aromatic N) is 2. The van der Waals surface area contributed by atoms with Gasteiger partial charge in [0.15, 0.2) is 0 Å². The van der Waals surface area contributed by atoms with Crippen LogP contribution in [0, 0.1) is 6.92 Å². The van der Waals surface area contributed by atoms with Crippen molar-refractivity contribution in [2.24, 2.45) is 0 Å². The number of carbonyl (C=O) groups is 1. The SMILES string of the molecule is COc1ccc2c(c1)CCCN2C(=O)CN(Cc1ccc(C)s1)C(C)C. The number of anilines is 1. The van der Waals surface area contributed by atoms with E-state index in [1.165, 1.54) is 15.3 Å². The molecule has 0 radical (unpaired) electrons. The summed E-state index contributed by atoms with van der Waals surface area (Å²) in [5.74, 6) is 1.04. The molecule has 1 aromatic heterocycles. The smallest absolute Gasteiger partial charge is 0.241 e. The van der Waals surface area contributed by atoms with E-state index >= 15 is 0 Å². The lowest BCUT2D eigenvalue weighted by Crippen LogP contribution is -2.44. The average Bonchev–Trinajstić information content (AvgIpc) is 3.04. The number of ether oxygens (including phenoxy) is 1. The molecule has 5 heteroatoms. The topological polar surface area (TPSA) is 32.8 Å². The first-order valence-corrected chi connectivity index (χ1v) is 10.1. The fourth-order valence-corrected chi connectivity index (χ4v) is 4.33. The molecule has 26 heavy (non-hydrogen) atoms. The molecule has 0 N–H and O–H groups in total. The largest absolute Gasteiger partial charge is 0.497 e. The summed E-state index contributed by atoms with van der Waals surface area (Å²) in [5, 5.41) is 0. The van der Waals surface area contributed by atoms with Crippen LogP contribution in [0.1, 0.15) is 35.6 Å². The van der Waals surface area contributed by atoms with Crippen molar-refractivity contribution in [2.75, 3.05) is 25.1 Å². The summed E-state index contributed by atoms with van der Waals surface area (Å²) >= 11 is 1.81. The molecule has 1 aliphatic rings. The maximum Gasteiger partial charge on any atom is 0.241 e. The van der Waals surface area contributed by atoms with Crippen LogP contribution in [0.3, 0.4) is 0 Å². The van der Waals surface area contributed by atoms with Crippen molar-refractivity contribution in [1.82, 2.24) is 4.90 Å². The van der Waals surface area contributed by atoms with Crippen LogP contribution in [0.4, 0.5) is 5.69 Å². The summed E-state index contributed by atoms with van der Waals surface area (Å²) in [7, 11) is 1.68. The molecular formula is C21H28N2O2S. The van der Waals surface area contributed by atoms with Gasteiger partial charge in [-0.05, 0) is 69.5 Å². The van der Waals surface area contributed by atoms with E-state index in [-0.39, 0.29) is 5.91 Å². The van der Waals surface area contributed by atoms with Crippen LogP contribution in [0.15, 0.2) is 30.3 Å². The lowest BCUT2D eigenvalue weighted by atomic mass is 10.0. The maximum atomic E-state index is 13.1. The highest BCUT2D eigenvalue weighted by atomic mass is 32.1. The fraction of sp³-hybridized carbons (Fsp3) is 0.476. The first kappa shape index (κ1) is 18.9. The molecule has 0 saturated carbocycles. The van der Waals surface area contributed by atoms with Gasteiger partial charge in [0.1, 0.15) is 5.75 Å². The Kier molecular flexibility index (Phi) is 5.99. The van der Waals surface area contributed by atoms with Crippen LogP contribution in [-0.2, 0) is 17.8 Å². The lowest BCUT2D eigenvalue weighted by molar-refractivity contribution is -0.120. The molecule has 2 heterocycles. The van der Waals surface area contributed by atoms with Crippen LogP contribution in [0.5, 0.6) is 5.75 Å². The van der Waals surface area contributed by atoms with E-state index in [4.69, 9.17) is 4.74 Å². The van der Waals surface area contributed by atoms with Crippen molar-refractivity contribution in [1.29, 1.82) is 0 Å². The molecule has 0 aliphatic carbocycles. The van der Waals surface area contributed by atoms with E-state index in [0.717, 1.165) is 37.4 Å². The zero-order chi connectivity index (χ0) is 18.7. The minimum absolute atomic E-state index is 0.179. The number of methoxy groups -OCH3 is 1. The third kappa shape index (κ3) is 4.27. The summed E-state index contributed by atoms with van der Waals surface area (Å²) in [6.07, 6.45) is 2.00. The Morgan fingerprint density at radius 2 is 2.12 bits per heavy atom. The molecule has 4 nitrogen and oxygen atoms in total. The molecule has 0 atom stereocenters. The average molecular weight is 373 g/mol. The number of rotatable bonds is 6. The van der Waals surface area contributed by atoms with Gasteiger partial charge < -0.3 is 9.64 Å². The number of carbonyl (C=O) groups excluding carboxylic acids is 1. The molecule has 1 aliphatic heterocycles. The van der Waals surface area contributed by atoms with Gasteiger partial charge in [-0.3, -0.25) is 9.69 Å². The molecule has 140 valence electrons. The number of aryl methyl sites for hydroxylation is 2. The Balaban J connectivity index is 1.74. The fourth-order valence-electron chi connectivity index (χ4n) is 3.41. The van der Waals surface area contributed by atoms with Crippen LogP contribution >= 0.6 is 11.3 Å². The highest BCUT2D eigenvalue weighted by Crippen LogP contribution is 2.31. The molecule has 0 spiro atoms. The Hall–Kier alpha value is -1.85. The number of thiophene rings is 1. The van der Waals surface area contributed by atoms with Gasteiger partial charge in [-0.15, -0.1) is 11.3 Å². The molecule has 2 aromatic rings. The highest BCUT2D eigenvalue weighted by molar-refractivity contribution is 7.11. The Morgan fingerprint density at radius 3 is 2.77 bits per heavy atom. The van der Waals surface area contributed by atoms with E-state index in [1.54, 1.807) is 7.11 Å². The quantitative estimate of drug-likeness (QED) is 0.760. The lowest BCUT2D eigenvalue weighted by Gasteiger charge is -2.33. The molecule has 0 unspecified atom stereocenters. The van der Waals surface area contributed by atoms with Crippen molar-refractivity contribution in [3.63, 3.8) is 0 Å². The van der Waals surface area contributed by atoms with E-state index in [2.05, 4.69) is 43.9 Å². The van der Waals surface area contributed by atoms with Crippen molar-refractivity contribution >= 4 is 22.9 Å². The van der Waals surface area contributed by atoms with Crippen LogP contribution < -0.4 is 9.64 Å². The third-order valence-electron chi connectivity index (χ3n) is 4.93. The minimum atomic E-state index is 0.179. The van der Waals surface area contributed by atoms with Crippen LogP contribution in [0.2, 0.25) is 0 Å². The van der Waals surface area contributed by atoms with Crippen molar-refractivity contribution in [3.8, 4) is 5.75 Å². The van der Waals surface area contributed by atoms with Crippen molar-refractivity contribution < 1.29 is 9.53 Å². The molecule has 0 bridgehead atoms. The molecule has 1 amide bonds. The molecule has 0 fully saturated rings. The highest BCUT2D eigenvalue weighted by Gasteiger charge is 2.25. The Labute approximate surface area is 160 Å². The summed E-state index contributed by atoms with van der Waals surface area (Å²) in [6.45, 7) is 8.50. The molecule has 1 aromatic carbocycles. The van der Waals surface area contributed by atoms with Gasteiger partial charge in [-0.2, -0.15) is 0 Å². The minimum Gasteiger partial charge on any atom is -0.497 e. The first-order chi connectivity index (χ1) is 12.5. The number of amides is 1. The van der Waals surface area contributed by atoms with Gasteiger partial charge in [0.05, 0.1) is 13.7 Å². The molecular weight excluding hydrogens is 344 g/mol. The van der Waals surface area contributed by atoms with E-state index < -0.39 is 0 Å². The Bertz CT molecular complexity index is 769. The summed E-state index contributed by atoms with van der Waals surface area (Å²) < 4.78 is 5.33. The Morgan fingerprint density at radius 1 is 1.31 bits per heavy atom. The van der Waals surface area contributed by atoms with E-state index in [0.29, 0.717) is 12.6 Å². The van der Waals surface area contributed by atoms with Gasteiger partial charge in [0.25, 0.3) is 0 Å². The monoisotopic (exact) mass is 372 g/mol. The second kappa shape index (κ2) is 8.23. The summed E-state index contributed by atoms with van der Waals surface area (Å²) in [4.78, 5) is 19.9. The van der Waals surface area contributed by atoms with Gasteiger partial charge in [-0.1, -0.05) is 0 Å². The van der Waals surface area contributed by atoms with Gasteiger partial charge in [-0.25, -0.2) is 0 Å². The number of hydrogen-bond acceptors (Lipinski definition) is 4. The summed E-state index contributed by atoms with van der Waals surface area (Å²) in [5.41, 5.74) is 2.24. The van der Waals surface area contributed by atoms with Crippen LogP contribution in [-0.4, -0.2) is 37.0 Å². The van der Waals surface area contributed by atoms with Crippen molar-refractivity contribution in [3.05, 3.63) is 45.6 Å². The predicted octanol–water partition coefficient (Wildman–Crippen LogP) is 4.25. The zero-order valence-corrected chi connectivity index (χ0v) is 16.9.